The van der Waals surface area contributed by atoms with Crippen LogP contribution in [-0.4, -0.2) is 36.7 Å². The third kappa shape index (κ3) is 4.29. The molecule has 1 aromatic heterocycles. The van der Waals surface area contributed by atoms with Crippen LogP contribution < -0.4 is 5.32 Å². The Kier molecular flexibility index (Phi) is 6.37. The molecule has 3 aromatic rings. The van der Waals surface area contributed by atoms with Gasteiger partial charge in [-0.15, -0.1) is 0 Å². The van der Waals surface area contributed by atoms with E-state index < -0.39 is 45.6 Å². The van der Waals surface area contributed by atoms with Gasteiger partial charge in [-0.25, -0.2) is 21.6 Å². The first-order chi connectivity index (χ1) is 14.3. The van der Waals surface area contributed by atoms with Crippen LogP contribution in [0.2, 0.25) is 0 Å². The lowest BCUT2D eigenvalue weighted by Crippen LogP contribution is -2.38. The highest BCUT2D eigenvalue weighted by atomic mass is 32.2. The summed E-state index contributed by atoms with van der Waals surface area (Å²) in [7, 11) is -4.09. The van der Waals surface area contributed by atoms with Crippen LogP contribution in [-0.2, 0) is 14.8 Å². The van der Waals surface area contributed by atoms with Crippen LogP contribution in [0.1, 0.15) is 13.3 Å². The van der Waals surface area contributed by atoms with Crippen molar-refractivity contribution in [2.75, 3.05) is 18.4 Å². The van der Waals surface area contributed by atoms with Gasteiger partial charge in [0.05, 0.1) is 17.1 Å². The second kappa shape index (κ2) is 8.80. The fraction of sp³-hybridized carbons (Fsp3) is 0.200. The molecule has 1 heterocycles. The molecule has 0 aliphatic rings. The normalized spacial score (nSPS) is 11.8. The average Bonchev–Trinajstić information content (AvgIpc) is 2.73. The molecule has 158 valence electrons. The Morgan fingerprint density at radius 1 is 1.10 bits per heavy atom. The molecule has 0 aliphatic carbocycles. The summed E-state index contributed by atoms with van der Waals surface area (Å²) in [5, 5.41) is 3.15. The molecule has 2 aromatic carbocycles. The van der Waals surface area contributed by atoms with Gasteiger partial charge in [0.25, 0.3) is 0 Å². The van der Waals surface area contributed by atoms with Crippen LogP contribution in [0.5, 0.6) is 0 Å². The first-order valence-corrected chi connectivity index (χ1v) is 10.5. The molecule has 1 amide bonds. The molecule has 0 bridgehead atoms. The number of sulfonamides is 1. The minimum absolute atomic E-state index is 0.00246. The molecular weight excluding hydrogens is 419 g/mol. The maximum atomic E-state index is 13.8. The summed E-state index contributed by atoms with van der Waals surface area (Å²) in [5.74, 6) is -5.57. The Hall–Kier alpha value is -2.98. The molecule has 0 saturated carbocycles. The predicted octanol–water partition coefficient (Wildman–Crippen LogP) is 3.69. The second-order valence-corrected chi connectivity index (χ2v) is 8.37. The van der Waals surface area contributed by atoms with E-state index in [4.69, 9.17) is 0 Å². The van der Waals surface area contributed by atoms with Crippen LogP contribution in [0.4, 0.5) is 18.9 Å². The third-order valence-corrected chi connectivity index (χ3v) is 6.26. The fourth-order valence-electron chi connectivity index (χ4n) is 2.96. The first kappa shape index (κ1) is 21.7. The Balaban J connectivity index is 1.90. The minimum atomic E-state index is -4.09. The molecule has 0 radical (unpaired) electrons. The molecule has 0 spiro atoms. The third-order valence-electron chi connectivity index (χ3n) is 4.36. The van der Waals surface area contributed by atoms with Gasteiger partial charge in [0.2, 0.25) is 15.9 Å². The Morgan fingerprint density at radius 3 is 2.60 bits per heavy atom. The zero-order valence-corrected chi connectivity index (χ0v) is 16.7. The number of benzene rings is 2. The maximum Gasteiger partial charge on any atom is 0.244 e. The van der Waals surface area contributed by atoms with Crippen molar-refractivity contribution in [3.8, 4) is 0 Å². The quantitative estimate of drug-likeness (QED) is 0.572. The van der Waals surface area contributed by atoms with Crippen molar-refractivity contribution >= 4 is 32.4 Å². The zero-order chi connectivity index (χ0) is 21.9. The number of hydrogen-bond donors (Lipinski definition) is 1. The van der Waals surface area contributed by atoms with E-state index in [1.165, 1.54) is 18.5 Å². The van der Waals surface area contributed by atoms with Gasteiger partial charge in [-0.3, -0.25) is 9.78 Å². The van der Waals surface area contributed by atoms with Crippen LogP contribution in [0, 0.1) is 17.5 Å². The molecule has 0 aliphatic heterocycles. The standard InChI is InChI=1S/C20H18F3N3O3S/c1-2-10-26(12-18(27)25-16-7-6-15(21)19(22)20(16)23)30(28,29)17-5-3-4-13-11-24-9-8-14(13)17/h3-9,11H,2,10,12H2,1H3,(H,25,27). The van der Waals surface area contributed by atoms with E-state index >= 15 is 0 Å². The molecule has 30 heavy (non-hydrogen) atoms. The van der Waals surface area contributed by atoms with Gasteiger partial charge in [0.15, 0.2) is 17.5 Å². The Bertz CT molecular complexity index is 1200. The van der Waals surface area contributed by atoms with Crippen molar-refractivity contribution in [2.24, 2.45) is 0 Å². The number of pyridine rings is 1. The van der Waals surface area contributed by atoms with E-state index in [1.807, 2.05) is 0 Å². The van der Waals surface area contributed by atoms with Crippen molar-refractivity contribution in [3.63, 3.8) is 0 Å². The minimum Gasteiger partial charge on any atom is -0.322 e. The number of hydrogen-bond acceptors (Lipinski definition) is 4. The molecule has 10 heteroatoms. The predicted molar refractivity (Wildman–Crippen MR) is 106 cm³/mol. The molecule has 3 rings (SSSR count). The van der Waals surface area contributed by atoms with E-state index in [0.29, 0.717) is 23.3 Å². The molecule has 0 saturated heterocycles. The molecule has 1 N–H and O–H groups in total. The molecular formula is C20H18F3N3O3S. The maximum absolute atomic E-state index is 13.8. The number of fused-ring (bicyclic) bond motifs is 1. The van der Waals surface area contributed by atoms with E-state index in [2.05, 4.69) is 10.3 Å². The smallest absolute Gasteiger partial charge is 0.244 e. The van der Waals surface area contributed by atoms with Gasteiger partial charge in [-0.1, -0.05) is 19.1 Å². The summed E-state index contributed by atoms with van der Waals surface area (Å²) in [6, 6.07) is 7.79. The number of aromatic nitrogens is 1. The lowest BCUT2D eigenvalue weighted by Gasteiger charge is -2.22. The van der Waals surface area contributed by atoms with E-state index in [0.717, 1.165) is 10.4 Å². The number of carbonyl (C=O) groups is 1. The highest BCUT2D eigenvalue weighted by Gasteiger charge is 2.28. The number of nitrogens with zero attached hydrogens (tertiary/aromatic N) is 2. The number of anilines is 1. The first-order valence-electron chi connectivity index (χ1n) is 9.02. The lowest BCUT2D eigenvalue weighted by atomic mass is 10.2. The number of halogens is 3. The van der Waals surface area contributed by atoms with Crippen molar-refractivity contribution in [1.82, 2.24) is 9.29 Å². The zero-order valence-electron chi connectivity index (χ0n) is 15.9. The van der Waals surface area contributed by atoms with E-state index in [1.54, 1.807) is 25.1 Å². The molecule has 0 unspecified atom stereocenters. The highest BCUT2D eigenvalue weighted by Crippen LogP contribution is 2.26. The van der Waals surface area contributed by atoms with Gasteiger partial charge in [-0.05, 0) is 30.7 Å². The molecule has 0 atom stereocenters. The van der Waals surface area contributed by atoms with E-state index in [9.17, 15) is 26.4 Å². The second-order valence-electron chi connectivity index (χ2n) is 6.46. The topological polar surface area (TPSA) is 79.4 Å². The summed E-state index contributed by atoms with van der Waals surface area (Å²) in [4.78, 5) is 16.3. The number of amides is 1. The fourth-order valence-corrected chi connectivity index (χ4v) is 4.67. The van der Waals surface area contributed by atoms with Crippen molar-refractivity contribution in [3.05, 3.63) is 66.2 Å². The SMILES string of the molecule is CCCN(CC(=O)Nc1ccc(F)c(F)c1F)S(=O)(=O)c1cccc2cnccc12. The Morgan fingerprint density at radius 2 is 1.87 bits per heavy atom. The van der Waals surface area contributed by atoms with Gasteiger partial charge < -0.3 is 5.32 Å². The summed E-state index contributed by atoms with van der Waals surface area (Å²) < 4.78 is 67.7. The van der Waals surface area contributed by atoms with Crippen molar-refractivity contribution < 1.29 is 26.4 Å². The Labute approximate surface area is 171 Å². The summed E-state index contributed by atoms with van der Waals surface area (Å²) in [6.45, 7) is 1.13. The van der Waals surface area contributed by atoms with Gasteiger partial charge in [0.1, 0.15) is 0 Å². The van der Waals surface area contributed by atoms with Crippen LogP contribution in [0.25, 0.3) is 10.8 Å². The van der Waals surface area contributed by atoms with Crippen molar-refractivity contribution in [2.45, 2.75) is 18.2 Å². The number of carbonyl (C=O) groups excluding carboxylic acids is 1. The summed E-state index contributed by atoms with van der Waals surface area (Å²) in [5.41, 5.74) is -0.580. The van der Waals surface area contributed by atoms with Gasteiger partial charge >= 0.3 is 0 Å². The monoisotopic (exact) mass is 437 g/mol. The summed E-state index contributed by atoms with van der Waals surface area (Å²) in [6.07, 6.45) is 3.40. The summed E-state index contributed by atoms with van der Waals surface area (Å²) >= 11 is 0. The molecule has 0 fully saturated rings. The van der Waals surface area contributed by atoms with Gasteiger partial charge in [-0.2, -0.15) is 4.31 Å². The van der Waals surface area contributed by atoms with Gasteiger partial charge in [0, 0.05) is 29.7 Å². The highest BCUT2D eigenvalue weighted by molar-refractivity contribution is 7.89. The average molecular weight is 437 g/mol. The number of nitrogens with one attached hydrogen (secondary N) is 1. The number of rotatable bonds is 7. The van der Waals surface area contributed by atoms with E-state index in [-0.39, 0.29) is 11.4 Å². The van der Waals surface area contributed by atoms with Crippen LogP contribution in [0.3, 0.4) is 0 Å². The molecule has 6 nitrogen and oxygen atoms in total. The lowest BCUT2D eigenvalue weighted by molar-refractivity contribution is -0.116. The van der Waals surface area contributed by atoms with Crippen molar-refractivity contribution in [1.29, 1.82) is 0 Å². The largest absolute Gasteiger partial charge is 0.322 e. The van der Waals surface area contributed by atoms with Crippen LogP contribution in [0.15, 0.2) is 53.7 Å². The van der Waals surface area contributed by atoms with Crippen LogP contribution >= 0.6 is 0 Å².